The molecule has 0 aliphatic carbocycles. The van der Waals surface area contributed by atoms with E-state index >= 15 is 0 Å². The zero-order valence-electron chi connectivity index (χ0n) is 23.5. The minimum absolute atomic E-state index is 0.0512. The lowest BCUT2D eigenvalue weighted by Crippen LogP contribution is -2.31. The summed E-state index contributed by atoms with van der Waals surface area (Å²) in [6.45, 7) is -1.83. The zero-order valence-corrected chi connectivity index (χ0v) is 29.2. The van der Waals surface area contributed by atoms with Gasteiger partial charge in [-0.2, -0.15) is 0 Å². The van der Waals surface area contributed by atoms with E-state index in [1.165, 1.54) is 17.2 Å². The first kappa shape index (κ1) is 33.1. The Hall–Kier alpha value is -1.78. The predicted molar refractivity (Wildman–Crippen MR) is 174 cm³/mol. The lowest BCUT2D eigenvalue weighted by molar-refractivity contribution is -0.0465. The van der Waals surface area contributed by atoms with E-state index in [4.69, 9.17) is 34.5 Å². The summed E-state index contributed by atoms with van der Waals surface area (Å²) < 4.78 is 57.8. The maximum absolute atomic E-state index is 13.7. The van der Waals surface area contributed by atoms with Crippen LogP contribution in [0.2, 0.25) is 0 Å². The van der Waals surface area contributed by atoms with E-state index in [-0.39, 0.29) is 34.4 Å². The number of fused-ring (bicyclic) bond motifs is 2. The van der Waals surface area contributed by atoms with Crippen LogP contribution >= 0.6 is 60.6 Å². The Labute approximate surface area is 277 Å². The van der Waals surface area contributed by atoms with E-state index in [0.717, 1.165) is 18.0 Å². The fourth-order valence-electron chi connectivity index (χ4n) is 5.15. The van der Waals surface area contributed by atoms with Gasteiger partial charge in [-0.05, 0) is 0 Å². The van der Waals surface area contributed by atoms with Crippen LogP contribution in [0.25, 0.3) is 21.5 Å². The molecule has 0 aromatic carbocycles. The number of nitrogens with zero attached hydrogens (tertiary/aromatic N) is 7. The summed E-state index contributed by atoms with van der Waals surface area (Å²) in [5.41, 5.74) is 13.0. The Morgan fingerprint density at radius 3 is 2.51 bits per heavy atom. The molecule has 244 valence electrons. The van der Waals surface area contributed by atoms with Crippen molar-refractivity contribution in [3.05, 3.63) is 28.6 Å². The monoisotopic (exact) mass is 815 g/mol. The summed E-state index contributed by atoms with van der Waals surface area (Å²) in [5.74, 6) is -0.260. The van der Waals surface area contributed by atoms with Crippen LogP contribution in [0.3, 0.4) is 0 Å². The number of ether oxygens (including phenoxy) is 2. The van der Waals surface area contributed by atoms with Crippen molar-refractivity contribution in [3.63, 3.8) is 0 Å². The molecule has 45 heavy (non-hydrogen) atoms. The molecule has 18 nitrogen and oxygen atoms in total. The second-order valence-electron chi connectivity index (χ2n) is 10.5. The number of halogens is 1. The van der Waals surface area contributed by atoms with Crippen molar-refractivity contribution in [1.29, 1.82) is 0 Å². The van der Waals surface area contributed by atoms with Crippen LogP contribution in [0.1, 0.15) is 25.8 Å². The van der Waals surface area contributed by atoms with Gasteiger partial charge in [0.15, 0.2) is 23.3 Å². The number of thiol groups is 1. The van der Waals surface area contributed by atoms with Crippen molar-refractivity contribution in [2.75, 3.05) is 31.3 Å². The van der Waals surface area contributed by atoms with Crippen molar-refractivity contribution >= 4 is 93.7 Å². The van der Waals surface area contributed by atoms with Crippen molar-refractivity contribution in [3.8, 4) is 0 Å². The number of aromatic nitrogens is 7. The first-order valence-electron chi connectivity index (χ1n) is 13.3. The maximum Gasteiger partial charge on any atom is 0.386 e. The molecule has 5 N–H and O–H groups in total. The quantitative estimate of drug-likeness (QED) is 0.0778. The van der Waals surface area contributed by atoms with Gasteiger partial charge in [0.1, 0.15) is 41.0 Å². The van der Waals surface area contributed by atoms with Crippen molar-refractivity contribution in [1.82, 2.24) is 34.1 Å². The molecule has 0 bridgehead atoms. The topological polar surface area (TPSA) is 244 Å². The van der Waals surface area contributed by atoms with Gasteiger partial charge in [0.05, 0.1) is 31.7 Å². The molecule has 4 aromatic rings. The third kappa shape index (κ3) is 6.80. The molecule has 6 heterocycles. The molecule has 2 unspecified atom stereocenters. The van der Waals surface area contributed by atoms with Crippen LogP contribution in [0.15, 0.2) is 23.8 Å². The fourth-order valence-corrected chi connectivity index (χ4v) is 8.77. The number of anilines is 2. The molecule has 2 aliphatic rings. The largest absolute Gasteiger partial charge is 0.386 e. The van der Waals surface area contributed by atoms with Gasteiger partial charge in [-0.3, -0.25) is 27.5 Å². The molecule has 0 spiro atoms. The minimum Gasteiger partial charge on any atom is -0.382 e. The molecule has 0 radical (unpaired) electrons. The first-order valence-corrected chi connectivity index (χ1v) is 20.1. The average Bonchev–Trinajstić information content (AvgIpc) is 3.71. The predicted octanol–water partition coefficient (Wildman–Crippen LogP) is 2.75. The summed E-state index contributed by atoms with van der Waals surface area (Å²) in [6.07, 6.45) is 0.641. The highest BCUT2D eigenvalue weighted by Crippen LogP contribution is 2.58. The van der Waals surface area contributed by atoms with Crippen LogP contribution in [0, 0.1) is 5.92 Å². The molecule has 2 fully saturated rings. The van der Waals surface area contributed by atoms with Gasteiger partial charge in [-0.25, -0.2) is 29.5 Å². The number of nitrogen functional groups attached to an aromatic ring is 2. The summed E-state index contributed by atoms with van der Waals surface area (Å²) in [5, 5.41) is 0. The normalized spacial score (nSPS) is 29.8. The highest BCUT2D eigenvalue weighted by molar-refractivity contribution is 14.1. The number of nitrogens with two attached hydrogens (primary N) is 2. The van der Waals surface area contributed by atoms with Gasteiger partial charge >= 0.3 is 19.3 Å². The van der Waals surface area contributed by atoms with Crippen molar-refractivity contribution < 1.29 is 37.1 Å². The Morgan fingerprint density at radius 1 is 1.09 bits per heavy atom. The maximum atomic E-state index is 13.7. The minimum atomic E-state index is -4.13. The number of alkyl halides is 1. The summed E-state index contributed by atoms with van der Waals surface area (Å²) in [4.78, 5) is 43.0. The third-order valence-corrected chi connectivity index (χ3v) is 11.9. The van der Waals surface area contributed by atoms with Crippen LogP contribution < -0.4 is 16.3 Å². The van der Waals surface area contributed by atoms with Gasteiger partial charge in [0.2, 0.25) is 0 Å². The second-order valence-corrected chi connectivity index (χ2v) is 17.8. The Bertz CT molecular complexity index is 1890. The number of hydrogen-bond acceptors (Lipinski definition) is 16. The van der Waals surface area contributed by atoms with E-state index in [1.807, 2.05) is 0 Å². The smallest absolute Gasteiger partial charge is 0.382 e. The van der Waals surface area contributed by atoms with Gasteiger partial charge in [0.25, 0.3) is 0 Å². The molecule has 0 saturated carbocycles. The van der Waals surface area contributed by atoms with Crippen LogP contribution in [-0.4, -0.2) is 81.1 Å². The molecule has 23 heteroatoms. The van der Waals surface area contributed by atoms with Crippen molar-refractivity contribution in [2.24, 2.45) is 5.92 Å². The number of hydrogen-bond donors (Lipinski definition) is 4. The standard InChI is InChI=1S/C22H28IN9O9P2S2/c1-9-11(4-37-42(2,34)35)40-21(32-20-16(45-22(32)33)18(25)27-7-29-20)15(9)41-43(36,44)38-5-12-10(23)3-13(39-12)31-8-30-14-17(24)26-6-28-19(14)31/h6-13,15,21H,3-5H2,1-2H3,(H,34,35)(H,36,44)(H2,24,26,28)(H2,25,27,29)/t9-,10?,11+,12+,13+,15+,21+,43-/m0/s1. The molecular weight excluding hydrogens is 787 g/mol. The lowest BCUT2D eigenvalue weighted by atomic mass is 10.0. The van der Waals surface area contributed by atoms with E-state index in [9.17, 15) is 18.8 Å². The Kier molecular flexibility index (Phi) is 9.34. The highest BCUT2D eigenvalue weighted by atomic mass is 127. The van der Waals surface area contributed by atoms with E-state index in [2.05, 4.69) is 59.8 Å². The van der Waals surface area contributed by atoms with Gasteiger partial charge in [0, 0.05) is 22.9 Å². The summed E-state index contributed by atoms with van der Waals surface area (Å²) in [6, 6.07) is 0. The van der Waals surface area contributed by atoms with E-state index < -0.39 is 56.0 Å². The van der Waals surface area contributed by atoms with Gasteiger partial charge in [-0.15, -0.1) is 0 Å². The van der Waals surface area contributed by atoms with E-state index in [0.29, 0.717) is 22.3 Å². The summed E-state index contributed by atoms with van der Waals surface area (Å²) in [7, 11) is -3.86. The summed E-state index contributed by atoms with van der Waals surface area (Å²) >= 11 is 7.27. The van der Waals surface area contributed by atoms with Crippen LogP contribution in [0.4, 0.5) is 11.6 Å². The van der Waals surface area contributed by atoms with Gasteiger partial charge < -0.3 is 30.4 Å². The van der Waals surface area contributed by atoms with Crippen LogP contribution in [0.5, 0.6) is 0 Å². The molecule has 6 rings (SSSR count). The van der Waals surface area contributed by atoms with Crippen molar-refractivity contribution in [2.45, 2.75) is 48.0 Å². The number of rotatable bonds is 10. The highest BCUT2D eigenvalue weighted by Gasteiger charge is 2.49. The van der Waals surface area contributed by atoms with Crippen LogP contribution in [-0.2, 0) is 32.2 Å². The molecule has 4 aromatic heterocycles. The average molecular weight is 816 g/mol. The molecule has 2 saturated heterocycles. The fraction of sp³-hybridized carbons (Fsp3) is 0.545. The second kappa shape index (κ2) is 12.7. The molecule has 0 amide bonds. The zero-order chi connectivity index (χ0) is 32.3. The SMILES string of the molecule is C[C@@H]1[C@@H](O[P@@](=O)(S)OC[C@H]2O[C@@H](n3cnc4c(N)ncnc43)CC2I)[C@H](n2c(=O)sc3c(N)ncnc32)O[C@@H]1COP(C)(=O)O. The number of imidazole rings is 1. The first-order chi connectivity index (χ1) is 21.2. The number of thiazole rings is 1. The van der Waals surface area contributed by atoms with E-state index in [1.54, 1.807) is 17.8 Å². The Balaban J connectivity index is 1.20. The molecular formula is C22H28IN9O9P2S2. The molecule has 9 atom stereocenters. The Morgan fingerprint density at radius 2 is 1.78 bits per heavy atom. The molecule has 2 aliphatic heterocycles. The van der Waals surface area contributed by atoms with Gasteiger partial charge in [-0.1, -0.05) is 53.1 Å². The third-order valence-electron chi connectivity index (χ3n) is 7.38. The lowest BCUT2D eigenvalue weighted by Gasteiger charge is -2.26.